The highest BCUT2D eigenvalue weighted by Gasteiger charge is 2.27. The fourth-order valence-electron chi connectivity index (χ4n) is 2.59. The molecule has 112 valence electrons. The van der Waals surface area contributed by atoms with Gasteiger partial charge in [-0.25, -0.2) is 17.1 Å². The molecule has 1 aliphatic heterocycles. The summed E-state index contributed by atoms with van der Waals surface area (Å²) in [5.41, 5.74) is 6.15. The summed E-state index contributed by atoms with van der Waals surface area (Å²) >= 11 is 0. The lowest BCUT2D eigenvalue weighted by atomic mass is 9.95. The molecule has 1 aliphatic rings. The van der Waals surface area contributed by atoms with E-state index in [9.17, 15) is 12.8 Å². The van der Waals surface area contributed by atoms with E-state index in [-0.39, 0.29) is 11.6 Å². The minimum absolute atomic E-state index is 0.0607. The molecular weight excluding hydrogens is 279 g/mol. The second-order valence-corrected chi connectivity index (χ2v) is 7.27. The van der Waals surface area contributed by atoms with Gasteiger partial charge in [-0.1, -0.05) is 12.1 Å². The summed E-state index contributed by atoms with van der Waals surface area (Å²) in [7, 11) is -3.31. The Hall–Kier alpha value is -0.980. The highest BCUT2D eigenvalue weighted by molar-refractivity contribution is 7.88. The Labute approximate surface area is 119 Å². The van der Waals surface area contributed by atoms with Gasteiger partial charge in [-0.2, -0.15) is 0 Å². The maximum atomic E-state index is 12.8. The minimum Gasteiger partial charge on any atom is -0.330 e. The Balaban J connectivity index is 1.96. The van der Waals surface area contributed by atoms with Crippen molar-refractivity contribution in [3.8, 4) is 0 Å². The average molecular weight is 300 g/mol. The van der Waals surface area contributed by atoms with E-state index in [0.717, 1.165) is 19.3 Å². The van der Waals surface area contributed by atoms with Crippen molar-refractivity contribution in [3.05, 3.63) is 35.6 Å². The lowest BCUT2D eigenvalue weighted by molar-refractivity contribution is 0.265. The van der Waals surface area contributed by atoms with Gasteiger partial charge in [-0.05, 0) is 49.4 Å². The van der Waals surface area contributed by atoms with Crippen LogP contribution >= 0.6 is 0 Å². The highest BCUT2D eigenvalue weighted by atomic mass is 32.2. The zero-order chi connectivity index (χ0) is 14.6. The number of sulfonamides is 1. The van der Waals surface area contributed by atoms with E-state index < -0.39 is 10.0 Å². The van der Waals surface area contributed by atoms with Crippen molar-refractivity contribution >= 4 is 10.0 Å². The van der Waals surface area contributed by atoms with Crippen LogP contribution in [0, 0.1) is 11.7 Å². The zero-order valence-corrected chi connectivity index (χ0v) is 12.3. The van der Waals surface area contributed by atoms with Crippen LogP contribution in [0.5, 0.6) is 0 Å². The van der Waals surface area contributed by atoms with E-state index in [1.165, 1.54) is 24.3 Å². The fraction of sp³-hybridized carbons (Fsp3) is 0.571. The number of rotatable bonds is 5. The van der Waals surface area contributed by atoms with Crippen LogP contribution in [0.1, 0.15) is 24.8 Å². The van der Waals surface area contributed by atoms with Crippen LogP contribution in [0.25, 0.3) is 0 Å². The Kier molecular flexibility index (Phi) is 5.12. The predicted octanol–water partition coefficient (Wildman–Crippen LogP) is 1.72. The SMILES string of the molecule is NCCC1CCN(S(=O)(=O)Cc2ccc(F)cc2)CC1. The van der Waals surface area contributed by atoms with Crippen molar-refractivity contribution in [3.63, 3.8) is 0 Å². The van der Waals surface area contributed by atoms with Crippen LogP contribution < -0.4 is 5.73 Å². The largest absolute Gasteiger partial charge is 0.330 e. The molecule has 1 fully saturated rings. The predicted molar refractivity (Wildman–Crippen MR) is 77.0 cm³/mol. The number of nitrogens with two attached hydrogens (primary N) is 1. The molecule has 0 aromatic heterocycles. The van der Waals surface area contributed by atoms with Crippen LogP contribution in [0.3, 0.4) is 0 Å². The highest BCUT2D eigenvalue weighted by Crippen LogP contribution is 2.23. The Morgan fingerprint density at radius 2 is 1.80 bits per heavy atom. The molecule has 4 nitrogen and oxygen atoms in total. The average Bonchev–Trinajstić information content (AvgIpc) is 2.42. The number of nitrogens with zero attached hydrogens (tertiary/aromatic N) is 1. The molecule has 6 heteroatoms. The number of hydrogen-bond acceptors (Lipinski definition) is 3. The van der Waals surface area contributed by atoms with Gasteiger partial charge in [-0.3, -0.25) is 0 Å². The fourth-order valence-corrected chi connectivity index (χ4v) is 4.16. The van der Waals surface area contributed by atoms with Crippen LogP contribution in [-0.2, 0) is 15.8 Å². The molecule has 0 amide bonds. The standard InChI is InChI=1S/C14H21FN2O2S/c15-14-3-1-13(2-4-14)11-20(18,19)17-9-6-12(5-8-16)7-10-17/h1-4,12H,5-11,16H2. The summed E-state index contributed by atoms with van der Waals surface area (Å²) in [6.07, 6.45) is 2.71. The number of hydrogen-bond donors (Lipinski definition) is 1. The first kappa shape index (κ1) is 15.4. The summed E-state index contributed by atoms with van der Waals surface area (Å²) < 4.78 is 39.0. The molecule has 0 unspecified atom stereocenters. The van der Waals surface area contributed by atoms with Crippen LogP contribution in [0.4, 0.5) is 4.39 Å². The third-order valence-electron chi connectivity index (χ3n) is 3.80. The summed E-state index contributed by atoms with van der Waals surface area (Å²) in [4.78, 5) is 0. The lowest BCUT2D eigenvalue weighted by Crippen LogP contribution is -2.39. The first-order valence-electron chi connectivity index (χ1n) is 6.93. The van der Waals surface area contributed by atoms with Gasteiger partial charge < -0.3 is 5.73 Å². The topological polar surface area (TPSA) is 63.4 Å². The molecule has 0 bridgehead atoms. The van der Waals surface area contributed by atoms with Gasteiger partial charge >= 0.3 is 0 Å². The van der Waals surface area contributed by atoms with Gasteiger partial charge in [0, 0.05) is 13.1 Å². The first-order valence-corrected chi connectivity index (χ1v) is 8.54. The Morgan fingerprint density at radius 1 is 1.20 bits per heavy atom. The van der Waals surface area contributed by atoms with Crippen molar-refractivity contribution in [2.75, 3.05) is 19.6 Å². The van der Waals surface area contributed by atoms with Crippen LogP contribution in [0.15, 0.2) is 24.3 Å². The molecule has 0 spiro atoms. The van der Waals surface area contributed by atoms with E-state index >= 15 is 0 Å². The van der Waals surface area contributed by atoms with Gasteiger partial charge in [0.25, 0.3) is 0 Å². The normalized spacial score (nSPS) is 18.3. The maximum absolute atomic E-state index is 12.8. The Morgan fingerprint density at radius 3 is 2.35 bits per heavy atom. The number of halogens is 1. The maximum Gasteiger partial charge on any atom is 0.218 e. The lowest BCUT2D eigenvalue weighted by Gasteiger charge is -2.31. The van der Waals surface area contributed by atoms with E-state index in [2.05, 4.69) is 0 Å². The molecule has 2 N–H and O–H groups in total. The van der Waals surface area contributed by atoms with Gasteiger partial charge in [-0.15, -0.1) is 0 Å². The Bertz CT molecular complexity index is 523. The first-order chi connectivity index (χ1) is 9.51. The van der Waals surface area contributed by atoms with E-state index in [4.69, 9.17) is 5.73 Å². The van der Waals surface area contributed by atoms with Crippen molar-refractivity contribution in [1.82, 2.24) is 4.31 Å². The molecule has 1 heterocycles. The quantitative estimate of drug-likeness (QED) is 0.900. The van der Waals surface area contributed by atoms with Crippen LogP contribution in [-0.4, -0.2) is 32.4 Å². The second-order valence-electron chi connectivity index (χ2n) is 5.30. The van der Waals surface area contributed by atoms with E-state index in [1.807, 2.05) is 0 Å². The van der Waals surface area contributed by atoms with Gasteiger partial charge in [0.05, 0.1) is 5.75 Å². The molecule has 20 heavy (non-hydrogen) atoms. The van der Waals surface area contributed by atoms with Crippen LogP contribution in [0.2, 0.25) is 0 Å². The minimum atomic E-state index is -3.31. The van der Waals surface area contributed by atoms with Crippen molar-refractivity contribution in [2.24, 2.45) is 11.7 Å². The monoisotopic (exact) mass is 300 g/mol. The number of benzene rings is 1. The molecule has 1 aromatic carbocycles. The molecule has 1 saturated heterocycles. The second kappa shape index (κ2) is 6.65. The third kappa shape index (κ3) is 4.01. The van der Waals surface area contributed by atoms with E-state index in [1.54, 1.807) is 4.31 Å². The molecular formula is C14H21FN2O2S. The summed E-state index contributed by atoms with van der Waals surface area (Å²) in [6, 6.07) is 5.62. The van der Waals surface area contributed by atoms with Gasteiger partial charge in [0.1, 0.15) is 5.82 Å². The van der Waals surface area contributed by atoms with Crippen molar-refractivity contribution in [2.45, 2.75) is 25.0 Å². The summed E-state index contributed by atoms with van der Waals surface area (Å²) in [5.74, 6) is 0.125. The molecule has 0 radical (unpaired) electrons. The zero-order valence-electron chi connectivity index (χ0n) is 11.5. The summed E-state index contributed by atoms with van der Waals surface area (Å²) in [5, 5.41) is 0. The molecule has 1 aromatic rings. The van der Waals surface area contributed by atoms with Crippen molar-refractivity contribution < 1.29 is 12.8 Å². The summed E-state index contributed by atoms with van der Waals surface area (Å²) in [6.45, 7) is 1.79. The van der Waals surface area contributed by atoms with E-state index in [0.29, 0.717) is 31.1 Å². The molecule has 2 rings (SSSR count). The van der Waals surface area contributed by atoms with Crippen molar-refractivity contribution in [1.29, 1.82) is 0 Å². The molecule has 0 aliphatic carbocycles. The van der Waals surface area contributed by atoms with Gasteiger partial charge in [0.15, 0.2) is 0 Å². The smallest absolute Gasteiger partial charge is 0.218 e. The van der Waals surface area contributed by atoms with Gasteiger partial charge in [0.2, 0.25) is 10.0 Å². The molecule has 0 atom stereocenters. The number of piperidine rings is 1. The third-order valence-corrected chi connectivity index (χ3v) is 5.65. The molecule has 0 saturated carbocycles.